The Kier molecular flexibility index (Phi) is 6.17. The van der Waals surface area contributed by atoms with Crippen LogP contribution in [0.1, 0.15) is 29.7 Å². The summed E-state index contributed by atoms with van der Waals surface area (Å²) in [5.74, 6) is 3.03. The molecule has 0 saturated carbocycles. The van der Waals surface area contributed by atoms with E-state index < -0.39 is 0 Å². The number of para-hydroxylation sites is 1. The third-order valence-corrected chi connectivity index (χ3v) is 6.85. The first-order valence-electron chi connectivity index (χ1n) is 11.2. The number of hydrogen-bond donors (Lipinski definition) is 1. The number of benzene rings is 3. The van der Waals surface area contributed by atoms with Gasteiger partial charge in [0.25, 0.3) is 0 Å². The van der Waals surface area contributed by atoms with E-state index in [1.165, 1.54) is 11.1 Å². The molecule has 0 amide bonds. The number of nitrogens with zero attached hydrogens (tertiary/aromatic N) is 2. The minimum Gasteiger partial charge on any atom is -0.494 e. The molecule has 1 aliphatic heterocycles. The van der Waals surface area contributed by atoms with Crippen molar-refractivity contribution in [2.24, 2.45) is 0 Å². The Morgan fingerprint density at radius 1 is 0.969 bits per heavy atom. The molecular formula is C27H27N3OS. The van der Waals surface area contributed by atoms with E-state index in [1.54, 1.807) is 0 Å². The van der Waals surface area contributed by atoms with E-state index in [2.05, 4.69) is 95.8 Å². The molecule has 162 valence electrons. The monoisotopic (exact) mass is 441 g/mol. The Labute approximate surface area is 193 Å². The largest absolute Gasteiger partial charge is 0.494 e. The molecule has 3 aromatic carbocycles. The number of ether oxygens (including phenoxy) is 1. The van der Waals surface area contributed by atoms with Gasteiger partial charge < -0.3 is 10.1 Å². The van der Waals surface area contributed by atoms with Crippen LogP contribution in [-0.2, 0) is 0 Å². The van der Waals surface area contributed by atoms with Gasteiger partial charge in [-0.1, -0.05) is 67.6 Å². The van der Waals surface area contributed by atoms with Crippen molar-refractivity contribution in [3.8, 4) is 22.7 Å². The zero-order valence-corrected chi connectivity index (χ0v) is 19.0. The van der Waals surface area contributed by atoms with Gasteiger partial charge in [0, 0.05) is 23.4 Å². The molecule has 1 aromatic heterocycles. The number of rotatable bonds is 6. The standard InChI is InChI=1S/C27H27N3OS/c1-2-18-31-23-15-13-21(14-16-23)26-24-25(20-9-5-3-6-10-20)29-30(22-11-7-4-8-12-22)27(24)28-17-19-32-26/h3-16,26,28H,2,17-19H2,1H3/t26-/m0/s1. The van der Waals surface area contributed by atoms with Crippen LogP contribution in [0.4, 0.5) is 5.82 Å². The van der Waals surface area contributed by atoms with Crippen LogP contribution in [0, 0.1) is 0 Å². The molecule has 0 fully saturated rings. The molecule has 0 spiro atoms. The number of hydrogen-bond acceptors (Lipinski definition) is 4. The first-order valence-corrected chi connectivity index (χ1v) is 12.2. The molecule has 1 N–H and O–H groups in total. The Balaban J connectivity index is 1.65. The van der Waals surface area contributed by atoms with Crippen LogP contribution in [-0.4, -0.2) is 28.7 Å². The average Bonchev–Trinajstić information content (AvgIpc) is 3.10. The highest BCUT2D eigenvalue weighted by molar-refractivity contribution is 7.99. The van der Waals surface area contributed by atoms with Gasteiger partial charge in [-0.25, -0.2) is 4.68 Å². The van der Waals surface area contributed by atoms with E-state index in [1.807, 2.05) is 17.8 Å². The third kappa shape index (κ3) is 4.13. The maximum Gasteiger partial charge on any atom is 0.135 e. The Morgan fingerprint density at radius 2 is 1.69 bits per heavy atom. The zero-order chi connectivity index (χ0) is 21.8. The molecule has 0 radical (unpaired) electrons. The number of fused-ring (bicyclic) bond motifs is 1. The second kappa shape index (κ2) is 9.53. The molecule has 2 heterocycles. The van der Waals surface area contributed by atoms with Crippen molar-refractivity contribution >= 4 is 17.6 Å². The lowest BCUT2D eigenvalue weighted by Crippen LogP contribution is -2.08. The molecule has 0 aliphatic carbocycles. The lowest BCUT2D eigenvalue weighted by atomic mass is 10.00. The summed E-state index contributed by atoms with van der Waals surface area (Å²) in [6.07, 6.45) is 1.01. The second-order valence-electron chi connectivity index (χ2n) is 7.82. The zero-order valence-electron chi connectivity index (χ0n) is 18.2. The van der Waals surface area contributed by atoms with Crippen LogP contribution in [0.2, 0.25) is 0 Å². The fourth-order valence-electron chi connectivity index (χ4n) is 4.07. The van der Waals surface area contributed by atoms with Gasteiger partial charge in [-0.05, 0) is 36.2 Å². The highest BCUT2D eigenvalue weighted by atomic mass is 32.2. The lowest BCUT2D eigenvalue weighted by molar-refractivity contribution is 0.317. The summed E-state index contributed by atoms with van der Waals surface area (Å²) in [6.45, 7) is 3.77. The summed E-state index contributed by atoms with van der Waals surface area (Å²) in [4.78, 5) is 0. The van der Waals surface area contributed by atoms with Gasteiger partial charge in [-0.2, -0.15) is 5.10 Å². The van der Waals surface area contributed by atoms with E-state index in [0.717, 1.165) is 53.8 Å². The molecule has 0 unspecified atom stereocenters. The summed E-state index contributed by atoms with van der Waals surface area (Å²) in [5.41, 5.74) is 5.74. The van der Waals surface area contributed by atoms with Gasteiger partial charge in [0.05, 0.1) is 23.2 Å². The molecule has 32 heavy (non-hydrogen) atoms. The number of nitrogens with one attached hydrogen (secondary N) is 1. The third-order valence-electron chi connectivity index (χ3n) is 5.57. The molecule has 5 rings (SSSR count). The predicted molar refractivity (Wildman–Crippen MR) is 134 cm³/mol. The molecule has 5 heteroatoms. The van der Waals surface area contributed by atoms with Crippen molar-refractivity contribution in [1.29, 1.82) is 0 Å². The molecule has 0 saturated heterocycles. The maximum atomic E-state index is 5.81. The predicted octanol–water partition coefficient (Wildman–Crippen LogP) is 6.58. The van der Waals surface area contributed by atoms with Crippen molar-refractivity contribution in [3.63, 3.8) is 0 Å². The van der Waals surface area contributed by atoms with E-state index in [-0.39, 0.29) is 5.25 Å². The van der Waals surface area contributed by atoms with Gasteiger partial charge in [-0.15, -0.1) is 11.8 Å². The van der Waals surface area contributed by atoms with Crippen LogP contribution >= 0.6 is 11.8 Å². The number of thioether (sulfide) groups is 1. The first-order chi connectivity index (χ1) is 15.8. The fourth-order valence-corrected chi connectivity index (χ4v) is 5.26. The quantitative estimate of drug-likeness (QED) is 0.367. The van der Waals surface area contributed by atoms with Crippen molar-refractivity contribution in [3.05, 3.63) is 96.1 Å². The summed E-state index contributed by atoms with van der Waals surface area (Å²) in [6, 6.07) is 29.5. The minimum absolute atomic E-state index is 0.188. The number of aromatic nitrogens is 2. The van der Waals surface area contributed by atoms with Crippen LogP contribution in [0.15, 0.2) is 84.9 Å². The average molecular weight is 442 g/mol. The summed E-state index contributed by atoms with van der Waals surface area (Å²) in [5, 5.41) is 8.99. The van der Waals surface area contributed by atoms with E-state index in [4.69, 9.17) is 9.84 Å². The van der Waals surface area contributed by atoms with Crippen molar-refractivity contribution < 1.29 is 4.74 Å². The summed E-state index contributed by atoms with van der Waals surface area (Å²) in [7, 11) is 0. The van der Waals surface area contributed by atoms with Gasteiger partial charge in [-0.3, -0.25) is 0 Å². The fraction of sp³-hybridized carbons (Fsp3) is 0.222. The van der Waals surface area contributed by atoms with E-state index in [9.17, 15) is 0 Å². The highest BCUT2D eigenvalue weighted by Gasteiger charge is 2.30. The first kappa shape index (κ1) is 20.7. The molecule has 0 bridgehead atoms. The Hall–Kier alpha value is -3.18. The SMILES string of the molecule is CCCOc1ccc([C@@H]2SCCNc3c2c(-c2ccccc2)nn3-c2ccccc2)cc1. The van der Waals surface area contributed by atoms with E-state index in [0.29, 0.717) is 0 Å². The normalized spacial score (nSPS) is 15.5. The van der Waals surface area contributed by atoms with Crippen LogP contribution in [0.25, 0.3) is 16.9 Å². The van der Waals surface area contributed by atoms with Crippen LogP contribution < -0.4 is 10.1 Å². The van der Waals surface area contributed by atoms with Gasteiger partial charge in [0.2, 0.25) is 0 Å². The van der Waals surface area contributed by atoms with E-state index >= 15 is 0 Å². The maximum absolute atomic E-state index is 5.81. The Bertz CT molecular complexity index is 1160. The Morgan fingerprint density at radius 3 is 2.41 bits per heavy atom. The van der Waals surface area contributed by atoms with Crippen LogP contribution in [0.3, 0.4) is 0 Å². The van der Waals surface area contributed by atoms with Gasteiger partial charge in [0.1, 0.15) is 11.6 Å². The number of anilines is 1. The van der Waals surface area contributed by atoms with Crippen molar-refractivity contribution in [2.75, 3.05) is 24.2 Å². The van der Waals surface area contributed by atoms with Crippen LogP contribution in [0.5, 0.6) is 5.75 Å². The smallest absolute Gasteiger partial charge is 0.135 e. The molecular weight excluding hydrogens is 414 g/mol. The summed E-state index contributed by atoms with van der Waals surface area (Å²) >= 11 is 1.96. The second-order valence-corrected chi connectivity index (χ2v) is 9.03. The molecule has 4 aromatic rings. The van der Waals surface area contributed by atoms with Gasteiger partial charge >= 0.3 is 0 Å². The highest BCUT2D eigenvalue weighted by Crippen LogP contribution is 2.46. The van der Waals surface area contributed by atoms with Crippen molar-refractivity contribution in [1.82, 2.24) is 9.78 Å². The topological polar surface area (TPSA) is 39.1 Å². The summed E-state index contributed by atoms with van der Waals surface area (Å²) < 4.78 is 7.88. The lowest BCUT2D eigenvalue weighted by Gasteiger charge is -2.17. The molecule has 1 aliphatic rings. The molecule has 4 nitrogen and oxygen atoms in total. The van der Waals surface area contributed by atoms with Gasteiger partial charge in [0.15, 0.2) is 0 Å². The minimum atomic E-state index is 0.188. The van der Waals surface area contributed by atoms with Crippen molar-refractivity contribution in [2.45, 2.75) is 18.6 Å². The molecule has 1 atom stereocenters.